The van der Waals surface area contributed by atoms with Gasteiger partial charge in [-0.25, -0.2) is 5.01 Å². The van der Waals surface area contributed by atoms with Crippen LogP contribution in [0.15, 0.2) is 84.0 Å². The zero-order valence-corrected chi connectivity index (χ0v) is 15.7. The van der Waals surface area contributed by atoms with Crippen LogP contribution in [0, 0.1) is 0 Å². The van der Waals surface area contributed by atoms with Gasteiger partial charge in [0.1, 0.15) is 0 Å². The minimum Gasteiger partial charge on any atom is -0.493 e. The van der Waals surface area contributed by atoms with Gasteiger partial charge in [0.15, 0.2) is 11.5 Å². The number of nitrogens with zero attached hydrogens (tertiary/aromatic N) is 2. The van der Waals surface area contributed by atoms with Crippen molar-refractivity contribution in [3.63, 3.8) is 0 Å². The monoisotopic (exact) mass is 360 g/mol. The first-order valence-electron chi connectivity index (χ1n) is 9.07. The maximum Gasteiger partial charge on any atom is 0.161 e. The molecule has 0 atom stereocenters. The van der Waals surface area contributed by atoms with Gasteiger partial charge in [0.25, 0.3) is 0 Å². The first-order valence-corrected chi connectivity index (χ1v) is 9.07. The fraction of sp³-hybridized carbons (Fsp3) is 0.174. The first-order chi connectivity index (χ1) is 13.3. The normalized spacial score (nSPS) is 10.7. The van der Waals surface area contributed by atoms with Crippen molar-refractivity contribution in [1.82, 2.24) is 0 Å². The number of rotatable bonds is 8. The molecule has 0 aliphatic carbocycles. The summed E-state index contributed by atoms with van der Waals surface area (Å²) in [6, 6.07) is 26.0. The van der Waals surface area contributed by atoms with Crippen molar-refractivity contribution >= 4 is 17.6 Å². The summed E-state index contributed by atoms with van der Waals surface area (Å²) in [7, 11) is 1.65. The number of hydrogen-bond acceptors (Lipinski definition) is 4. The Morgan fingerprint density at radius 1 is 0.852 bits per heavy atom. The molecule has 3 aromatic carbocycles. The van der Waals surface area contributed by atoms with Crippen LogP contribution in [-0.4, -0.2) is 19.9 Å². The third-order valence-electron chi connectivity index (χ3n) is 3.97. The van der Waals surface area contributed by atoms with Gasteiger partial charge in [0.2, 0.25) is 0 Å². The van der Waals surface area contributed by atoms with Gasteiger partial charge in [-0.05, 0) is 54.4 Å². The average Bonchev–Trinajstić information content (AvgIpc) is 2.74. The maximum atomic E-state index is 5.72. The predicted molar refractivity (Wildman–Crippen MR) is 111 cm³/mol. The summed E-state index contributed by atoms with van der Waals surface area (Å²) in [5.74, 6) is 1.46. The standard InChI is InChI=1S/C23H24N2O2/c1-3-16-27-22-15-14-19(17-23(22)26-2)18-24-25(20-10-6-4-7-11-20)21-12-8-5-9-13-21/h4-15,17-18H,3,16H2,1-2H3/b24-18-. The van der Waals surface area contributed by atoms with Gasteiger partial charge in [-0.1, -0.05) is 43.3 Å². The molecule has 4 nitrogen and oxygen atoms in total. The summed E-state index contributed by atoms with van der Waals surface area (Å²) in [5, 5.41) is 6.62. The van der Waals surface area contributed by atoms with Crippen LogP contribution in [0.2, 0.25) is 0 Å². The van der Waals surface area contributed by atoms with E-state index in [0.717, 1.165) is 29.1 Å². The Hall–Kier alpha value is -3.27. The molecule has 4 heteroatoms. The Labute approximate surface area is 160 Å². The second-order valence-corrected chi connectivity index (χ2v) is 5.99. The Bertz CT molecular complexity index is 825. The van der Waals surface area contributed by atoms with Crippen LogP contribution in [0.4, 0.5) is 11.4 Å². The van der Waals surface area contributed by atoms with Crippen molar-refractivity contribution in [3.05, 3.63) is 84.4 Å². The Kier molecular flexibility index (Phi) is 6.47. The average molecular weight is 360 g/mol. The highest BCUT2D eigenvalue weighted by atomic mass is 16.5. The highest BCUT2D eigenvalue weighted by Crippen LogP contribution is 2.29. The molecule has 0 heterocycles. The number of hydrogen-bond donors (Lipinski definition) is 0. The van der Waals surface area contributed by atoms with Gasteiger partial charge < -0.3 is 9.47 Å². The van der Waals surface area contributed by atoms with Crippen molar-refractivity contribution in [2.75, 3.05) is 18.7 Å². The van der Waals surface area contributed by atoms with Crippen LogP contribution >= 0.6 is 0 Å². The molecule has 0 bridgehead atoms. The van der Waals surface area contributed by atoms with Gasteiger partial charge in [-0.3, -0.25) is 0 Å². The number of para-hydroxylation sites is 2. The molecule has 0 saturated carbocycles. The molecule has 0 amide bonds. The lowest BCUT2D eigenvalue weighted by molar-refractivity contribution is 0.294. The quantitative estimate of drug-likeness (QED) is 0.384. The first kappa shape index (κ1) is 18.5. The van der Waals surface area contributed by atoms with E-state index in [2.05, 4.69) is 6.92 Å². The second-order valence-electron chi connectivity index (χ2n) is 5.99. The zero-order valence-electron chi connectivity index (χ0n) is 15.7. The molecule has 0 aliphatic rings. The van der Waals surface area contributed by atoms with E-state index in [1.54, 1.807) is 7.11 Å². The Balaban J connectivity index is 1.89. The number of anilines is 2. The van der Waals surface area contributed by atoms with Gasteiger partial charge >= 0.3 is 0 Å². The molecule has 0 radical (unpaired) electrons. The van der Waals surface area contributed by atoms with Gasteiger partial charge in [0, 0.05) is 0 Å². The predicted octanol–water partition coefficient (Wildman–Crippen LogP) is 5.66. The summed E-state index contributed by atoms with van der Waals surface area (Å²) in [5.41, 5.74) is 2.93. The van der Waals surface area contributed by atoms with Crippen LogP contribution in [0.5, 0.6) is 11.5 Å². The largest absolute Gasteiger partial charge is 0.493 e. The van der Waals surface area contributed by atoms with Crippen molar-refractivity contribution in [3.8, 4) is 11.5 Å². The molecular weight excluding hydrogens is 336 g/mol. The fourth-order valence-electron chi connectivity index (χ4n) is 2.64. The van der Waals surface area contributed by atoms with Crippen molar-refractivity contribution in [2.45, 2.75) is 13.3 Å². The number of benzene rings is 3. The highest BCUT2D eigenvalue weighted by Gasteiger charge is 2.08. The van der Waals surface area contributed by atoms with Gasteiger partial charge in [0.05, 0.1) is 31.3 Å². The molecule has 0 spiro atoms. The van der Waals surface area contributed by atoms with E-state index >= 15 is 0 Å². The summed E-state index contributed by atoms with van der Waals surface area (Å²) in [4.78, 5) is 0. The number of hydrazone groups is 1. The lowest BCUT2D eigenvalue weighted by Crippen LogP contribution is -2.09. The van der Waals surface area contributed by atoms with Crippen LogP contribution in [-0.2, 0) is 0 Å². The smallest absolute Gasteiger partial charge is 0.161 e. The minimum atomic E-state index is 0.666. The maximum absolute atomic E-state index is 5.72. The molecule has 3 aromatic rings. The van der Waals surface area contributed by atoms with Crippen molar-refractivity contribution in [1.29, 1.82) is 0 Å². The molecule has 0 fully saturated rings. The molecule has 0 unspecified atom stereocenters. The molecule has 0 N–H and O–H groups in total. The second kappa shape index (κ2) is 9.43. The van der Waals surface area contributed by atoms with E-state index in [1.165, 1.54) is 0 Å². The molecule has 138 valence electrons. The summed E-state index contributed by atoms with van der Waals surface area (Å²) in [6.07, 6.45) is 2.78. The van der Waals surface area contributed by atoms with Gasteiger partial charge in [-0.15, -0.1) is 0 Å². The SMILES string of the molecule is CCCOc1ccc(/C=N\N(c2ccccc2)c2ccccc2)cc1OC. The molecule has 0 saturated heterocycles. The minimum absolute atomic E-state index is 0.666. The lowest BCUT2D eigenvalue weighted by atomic mass is 10.2. The number of ether oxygens (including phenoxy) is 2. The van der Waals surface area contributed by atoms with E-state index in [-0.39, 0.29) is 0 Å². The van der Waals surface area contributed by atoms with Crippen LogP contribution in [0.1, 0.15) is 18.9 Å². The van der Waals surface area contributed by atoms with Crippen LogP contribution in [0.25, 0.3) is 0 Å². The zero-order chi connectivity index (χ0) is 18.9. The third kappa shape index (κ3) is 4.88. The van der Waals surface area contributed by atoms with E-state index in [0.29, 0.717) is 12.4 Å². The van der Waals surface area contributed by atoms with E-state index < -0.39 is 0 Å². The fourth-order valence-corrected chi connectivity index (χ4v) is 2.64. The lowest BCUT2D eigenvalue weighted by Gasteiger charge is -2.19. The molecule has 0 aromatic heterocycles. The van der Waals surface area contributed by atoms with Crippen molar-refractivity contribution < 1.29 is 9.47 Å². The summed E-state index contributed by atoms with van der Waals surface area (Å²) < 4.78 is 11.2. The van der Waals surface area contributed by atoms with E-state index in [9.17, 15) is 0 Å². The number of methoxy groups -OCH3 is 1. The molecule has 0 aliphatic heterocycles. The molecule has 3 rings (SSSR count). The molecular formula is C23H24N2O2. The molecule has 27 heavy (non-hydrogen) atoms. The third-order valence-corrected chi connectivity index (χ3v) is 3.97. The van der Waals surface area contributed by atoms with Gasteiger partial charge in [-0.2, -0.15) is 5.10 Å². The topological polar surface area (TPSA) is 34.1 Å². The summed E-state index contributed by atoms with van der Waals surface area (Å²) >= 11 is 0. The van der Waals surface area contributed by atoms with Crippen LogP contribution in [0.3, 0.4) is 0 Å². The Morgan fingerprint density at radius 2 is 1.48 bits per heavy atom. The highest BCUT2D eigenvalue weighted by molar-refractivity contribution is 5.83. The van der Waals surface area contributed by atoms with E-state index in [4.69, 9.17) is 14.6 Å². The van der Waals surface area contributed by atoms with E-state index in [1.807, 2.05) is 90.1 Å². The van der Waals surface area contributed by atoms with Crippen LogP contribution < -0.4 is 14.5 Å². The summed E-state index contributed by atoms with van der Waals surface area (Å²) in [6.45, 7) is 2.74. The van der Waals surface area contributed by atoms with Crippen molar-refractivity contribution in [2.24, 2.45) is 5.10 Å². The Morgan fingerprint density at radius 3 is 2.04 bits per heavy atom.